The molecular weight excluding hydrogens is 252 g/mol. The van der Waals surface area contributed by atoms with Crippen LogP contribution in [0.15, 0.2) is 24.4 Å². The molecule has 2 heterocycles. The molecule has 0 fully saturated rings. The summed E-state index contributed by atoms with van der Waals surface area (Å²) in [6.07, 6.45) is 1.77. The molecule has 0 aliphatic carbocycles. The summed E-state index contributed by atoms with van der Waals surface area (Å²) in [4.78, 5) is 4.33. The molecule has 1 aromatic heterocycles. The number of hydrogen-bond donors (Lipinski definition) is 1. The van der Waals surface area contributed by atoms with Gasteiger partial charge in [-0.05, 0) is 23.6 Å². The average molecular weight is 265 g/mol. The molecular formula is C13H13ClN2O2. The second-order valence-corrected chi connectivity index (χ2v) is 4.37. The molecule has 1 N–H and O–H groups in total. The first-order valence-electron chi connectivity index (χ1n) is 5.86. The lowest BCUT2D eigenvalue weighted by Crippen LogP contribution is -2.15. The van der Waals surface area contributed by atoms with Crippen molar-refractivity contribution >= 4 is 28.2 Å². The minimum absolute atomic E-state index is 0.544. The van der Waals surface area contributed by atoms with Crippen LogP contribution in [0.25, 0.3) is 10.8 Å². The van der Waals surface area contributed by atoms with Gasteiger partial charge in [-0.1, -0.05) is 0 Å². The molecule has 4 nitrogen and oxygen atoms in total. The Kier molecular flexibility index (Phi) is 3.11. The maximum atomic E-state index is 5.68. The van der Waals surface area contributed by atoms with Gasteiger partial charge in [0, 0.05) is 24.0 Å². The normalized spacial score (nSPS) is 13.6. The summed E-state index contributed by atoms with van der Waals surface area (Å²) in [7, 11) is 0. The first-order valence-corrected chi connectivity index (χ1v) is 6.40. The fraction of sp³-hybridized carbons (Fsp3) is 0.308. The molecule has 5 heteroatoms. The number of halogens is 1. The van der Waals surface area contributed by atoms with Crippen molar-refractivity contribution in [2.45, 2.75) is 0 Å². The lowest BCUT2D eigenvalue weighted by Gasteiger charge is -2.19. The first kappa shape index (κ1) is 11.4. The zero-order valence-corrected chi connectivity index (χ0v) is 10.5. The maximum absolute atomic E-state index is 5.68. The minimum Gasteiger partial charge on any atom is -0.486 e. The highest BCUT2D eigenvalue weighted by atomic mass is 35.5. The van der Waals surface area contributed by atoms with Gasteiger partial charge in [-0.3, -0.25) is 0 Å². The number of nitrogens with zero attached hydrogens (tertiary/aromatic N) is 1. The van der Waals surface area contributed by atoms with Gasteiger partial charge in [-0.25, -0.2) is 4.98 Å². The van der Waals surface area contributed by atoms with Gasteiger partial charge in [0.1, 0.15) is 19.0 Å². The van der Waals surface area contributed by atoms with Gasteiger partial charge >= 0.3 is 0 Å². The van der Waals surface area contributed by atoms with Crippen molar-refractivity contribution in [1.29, 1.82) is 0 Å². The second kappa shape index (κ2) is 4.90. The molecule has 1 aliphatic heterocycles. The van der Waals surface area contributed by atoms with Gasteiger partial charge in [0.25, 0.3) is 0 Å². The summed E-state index contributed by atoms with van der Waals surface area (Å²) < 4.78 is 11.2. The average Bonchev–Trinajstić information content (AvgIpc) is 2.43. The Hall–Kier alpha value is -1.68. The highest BCUT2D eigenvalue weighted by Crippen LogP contribution is 2.36. The van der Waals surface area contributed by atoms with E-state index in [1.54, 1.807) is 6.20 Å². The topological polar surface area (TPSA) is 43.4 Å². The van der Waals surface area contributed by atoms with Gasteiger partial charge in [0.15, 0.2) is 11.5 Å². The molecule has 94 valence electrons. The van der Waals surface area contributed by atoms with Crippen molar-refractivity contribution in [2.24, 2.45) is 0 Å². The van der Waals surface area contributed by atoms with Crippen molar-refractivity contribution in [3.8, 4) is 11.5 Å². The van der Waals surface area contributed by atoms with Gasteiger partial charge in [-0.15, -0.1) is 11.6 Å². The zero-order chi connectivity index (χ0) is 12.4. The van der Waals surface area contributed by atoms with Crippen molar-refractivity contribution in [1.82, 2.24) is 4.98 Å². The lowest BCUT2D eigenvalue weighted by molar-refractivity contribution is 0.172. The van der Waals surface area contributed by atoms with Crippen LogP contribution in [0.2, 0.25) is 0 Å². The maximum Gasteiger partial charge on any atom is 0.162 e. The molecule has 0 radical (unpaired) electrons. The molecule has 0 atom stereocenters. The predicted molar refractivity (Wildman–Crippen MR) is 71.9 cm³/mol. The summed E-state index contributed by atoms with van der Waals surface area (Å²) >= 11 is 5.68. The Balaban J connectivity index is 2.09. The van der Waals surface area contributed by atoms with Gasteiger partial charge in [0.2, 0.25) is 0 Å². The second-order valence-electron chi connectivity index (χ2n) is 3.99. The van der Waals surface area contributed by atoms with E-state index in [0.717, 1.165) is 28.1 Å². The third kappa shape index (κ3) is 2.04. The fourth-order valence-corrected chi connectivity index (χ4v) is 2.11. The quantitative estimate of drug-likeness (QED) is 0.866. The van der Waals surface area contributed by atoms with Crippen molar-refractivity contribution in [3.05, 3.63) is 24.4 Å². The fourth-order valence-electron chi connectivity index (χ4n) is 2.02. The summed E-state index contributed by atoms with van der Waals surface area (Å²) in [5.41, 5.74) is 0. The SMILES string of the molecule is ClCCNc1nccc2cc3c(cc12)OCCO3. The van der Waals surface area contributed by atoms with Crippen LogP contribution in [-0.4, -0.2) is 30.6 Å². The number of aromatic nitrogens is 1. The molecule has 0 spiro atoms. The van der Waals surface area contributed by atoms with Crippen molar-refractivity contribution in [3.63, 3.8) is 0 Å². The van der Waals surface area contributed by atoms with Crippen LogP contribution in [0.4, 0.5) is 5.82 Å². The largest absolute Gasteiger partial charge is 0.486 e. The van der Waals surface area contributed by atoms with E-state index in [1.807, 2.05) is 18.2 Å². The molecule has 1 aromatic carbocycles. The van der Waals surface area contributed by atoms with Crippen LogP contribution in [0.5, 0.6) is 11.5 Å². The Morgan fingerprint density at radius 3 is 2.78 bits per heavy atom. The summed E-state index contributed by atoms with van der Waals surface area (Å²) in [6.45, 7) is 1.87. The molecule has 0 saturated heterocycles. The van der Waals surface area contributed by atoms with Crippen LogP contribution in [0.1, 0.15) is 0 Å². The van der Waals surface area contributed by atoms with E-state index in [-0.39, 0.29) is 0 Å². The van der Waals surface area contributed by atoms with Crippen LogP contribution in [-0.2, 0) is 0 Å². The Labute approximate surface area is 110 Å². The van der Waals surface area contributed by atoms with E-state index >= 15 is 0 Å². The number of hydrogen-bond acceptors (Lipinski definition) is 4. The number of alkyl halides is 1. The third-order valence-electron chi connectivity index (χ3n) is 2.81. The Morgan fingerprint density at radius 1 is 1.22 bits per heavy atom. The molecule has 2 aromatic rings. The molecule has 0 bridgehead atoms. The van der Waals surface area contributed by atoms with Crippen molar-refractivity contribution in [2.75, 3.05) is 31.0 Å². The zero-order valence-electron chi connectivity index (χ0n) is 9.78. The predicted octanol–water partition coefficient (Wildman–Crippen LogP) is 2.66. The Bertz CT molecular complexity index is 574. The van der Waals surface area contributed by atoms with Crippen LogP contribution < -0.4 is 14.8 Å². The van der Waals surface area contributed by atoms with E-state index in [9.17, 15) is 0 Å². The summed E-state index contributed by atoms with van der Waals surface area (Å²) in [5.74, 6) is 2.94. The number of pyridine rings is 1. The molecule has 0 amide bonds. The molecule has 0 unspecified atom stereocenters. The van der Waals surface area contributed by atoms with E-state index in [1.165, 1.54) is 0 Å². The van der Waals surface area contributed by atoms with Gasteiger partial charge < -0.3 is 14.8 Å². The monoisotopic (exact) mass is 264 g/mol. The van der Waals surface area contributed by atoms with Crippen LogP contribution in [0.3, 0.4) is 0 Å². The number of fused-ring (bicyclic) bond motifs is 2. The molecule has 0 saturated carbocycles. The standard InChI is InChI=1S/C13H13ClN2O2/c14-2-4-16-13-10-8-12-11(17-5-6-18-12)7-9(10)1-3-15-13/h1,3,7-8H,2,4-6H2,(H,15,16). The molecule has 3 rings (SSSR count). The van der Waals surface area contributed by atoms with E-state index in [4.69, 9.17) is 21.1 Å². The van der Waals surface area contributed by atoms with Crippen molar-refractivity contribution < 1.29 is 9.47 Å². The smallest absolute Gasteiger partial charge is 0.162 e. The number of rotatable bonds is 3. The third-order valence-corrected chi connectivity index (χ3v) is 3.00. The van der Waals surface area contributed by atoms with E-state index in [2.05, 4.69) is 10.3 Å². The minimum atomic E-state index is 0.544. The Morgan fingerprint density at radius 2 is 2.00 bits per heavy atom. The van der Waals surface area contributed by atoms with Crippen LogP contribution in [0, 0.1) is 0 Å². The number of anilines is 1. The molecule has 1 aliphatic rings. The summed E-state index contributed by atoms with van der Waals surface area (Å²) in [5, 5.41) is 5.30. The van der Waals surface area contributed by atoms with E-state index < -0.39 is 0 Å². The number of benzene rings is 1. The van der Waals surface area contributed by atoms with Gasteiger partial charge in [0.05, 0.1) is 0 Å². The van der Waals surface area contributed by atoms with E-state index in [0.29, 0.717) is 25.6 Å². The summed E-state index contributed by atoms with van der Waals surface area (Å²) in [6, 6.07) is 5.91. The van der Waals surface area contributed by atoms with Crippen LogP contribution >= 0.6 is 11.6 Å². The first-order chi connectivity index (χ1) is 8.88. The highest BCUT2D eigenvalue weighted by molar-refractivity contribution is 6.18. The lowest BCUT2D eigenvalue weighted by atomic mass is 10.1. The molecule has 18 heavy (non-hydrogen) atoms. The highest BCUT2D eigenvalue weighted by Gasteiger charge is 2.14. The number of nitrogens with one attached hydrogen (secondary N) is 1. The van der Waals surface area contributed by atoms with Gasteiger partial charge in [-0.2, -0.15) is 0 Å². The number of ether oxygens (including phenoxy) is 2.